The molecule has 0 saturated carbocycles. The molecule has 60 heavy (non-hydrogen) atoms. The quantitative estimate of drug-likeness (QED) is 0.148. The Morgan fingerprint density at radius 3 is 2.00 bits per heavy atom. The summed E-state index contributed by atoms with van der Waals surface area (Å²) in [5.41, 5.74) is 8.20. The minimum atomic E-state index is -4.23. The Balaban J connectivity index is 0.000000228. The van der Waals surface area contributed by atoms with E-state index in [4.69, 9.17) is 52.8 Å². The second-order valence-corrected chi connectivity index (χ2v) is 20.8. The van der Waals surface area contributed by atoms with Gasteiger partial charge in [-0.3, -0.25) is 41.6 Å². The Bertz CT molecular complexity index is 2030. The number of rotatable bonds is 10. The largest absolute Gasteiger partial charge is 0.478 e. The average molecular weight is 911 g/mol. The molecule has 1 aromatic heterocycles. The molecule has 336 valence electrons. The van der Waals surface area contributed by atoms with E-state index in [9.17, 15) is 23.5 Å². The van der Waals surface area contributed by atoms with E-state index in [1.165, 1.54) is 17.2 Å². The number of fused-ring (bicyclic) bond motifs is 2. The van der Waals surface area contributed by atoms with Gasteiger partial charge >= 0.3 is 21.6 Å². The summed E-state index contributed by atoms with van der Waals surface area (Å²) in [4.78, 5) is 37.6. The highest BCUT2D eigenvalue weighted by Crippen LogP contribution is 2.62. The predicted molar refractivity (Wildman–Crippen MR) is 215 cm³/mol. The van der Waals surface area contributed by atoms with Crippen LogP contribution >= 0.6 is 27.4 Å². The summed E-state index contributed by atoms with van der Waals surface area (Å²) in [5, 5.41) is -0.135. The van der Waals surface area contributed by atoms with Gasteiger partial charge in [-0.05, 0) is 51.8 Å². The summed E-state index contributed by atoms with van der Waals surface area (Å²) >= 11 is 0.865. The highest BCUT2D eigenvalue weighted by atomic mass is 32.2. The molecule has 0 bridgehead atoms. The van der Waals surface area contributed by atoms with Crippen molar-refractivity contribution in [1.82, 2.24) is 9.47 Å². The SMILES string of the molecule is C=C1C=C(N)C=CN1[C@@H]1O[C@]2(CC)COP(=O)(OCSC(=O)C(C)(C)C)OC2[C@H]1F.CC[C@@]12COP(=O)(OCOC(=O)C(C)(C)C)OC1[C@@H](F)[C@H](n1ccc(N)cc1=O)O2. The number of hydrogen-bond donors (Lipinski definition) is 2. The maximum absolute atomic E-state index is 15.5. The van der Waals surface area contributed by atoms with Crippen molar-refractivity contribution in [3.8, 4) is 0 Å². The molecular formula is C37H54F2N4O14P2S. The molecule has 5 aliphatic heterocycles. The monoisotopic (exact) mass is 910 g/mol. The zero-order valence-corrected chi connectivity index (χ0v) is 37.3. The van der Waals surface area contributed by atoms with Crippen LogP contribution in [0.4, 0.5) is 14.5 Å². The summed E-state index contributed by atoms with van der Waals surface area (Å²) in [6, 6.07) is 2.58. The van der Waals surface area contributed by atoms with Crippen LogP contribution in [0.5, 0.6) is 0 Å². The summed E-state index contributed by atoms with van der Waals surface area (Å²) in [6.45, 7) is 16.5. The van der Waals surface area contributed by atoms with Crippen LogP contribution in [0.15, 0.2) is 59.4 Å². The van der Waals surface area contributed by atoms with Crippen molar-refractivity contribution in [2.75, 3.05) is 31.7 Å². The highest BCUT2D eigenvalue weighted by molar-refractivity contribution is 8.13. The Kier molecular flexibility index (Phi) is 14.5. The molecule has 10 atom stereocenters. The molecule has 0 aliphatic carbocycles. The third-order valence-corrected chi connectivity index (χ3v) is 14.1. The molecule has 4 unspecified atom stereocenters. The molecule has 0 spiro atoms. The maximum Gasteiger partial charge on any atom is 0.478 e. The summed E-state index contributed by atoms with van der Waals surface area (Å²) in [6.07, 6.45) is -1.61. The standard InChI is InChI=1S/C19H28FN2O6PS.C18H26FN2O8P/c1-6-19-10-25-29(24,26-11-30-17(23)18(3,4)5)28-15(19)14(20)16(27-19)22-8-7-13(21)9-12(22)2;1-5-18-9-26-30(24,27-10-25-16(23)17(2,3)4)29-14(18)13(19)15(28-18)21-7-6-11(20)8-12(21)22/h7-9,14-16H,2,6,10-11,21H2,1,3-5H3;6-8,13-15H,5,9-10,20H2,1-4H3/t14-,15?,16-,19-,29?;13-,14?,15-,18-,30?/m11/s1. The van der Waals surface area contributed by atoms with Crippen molar-refractivity contribution in [3.63, 3.8) is 0 Å². The molecule has 4 fully saturated rings. The molecule has 0 amide bonds. The van der Waals surface area contributed by atoms with Crippen molar-refractivity contribution in [1.29, 1.82) is 0 Å². The van der Waals surface area contributed by atoms with Crippen LogP contribution in [0.3, 0.4) is 0 Å². The van der Waals surface area contributed by atoms with Gasteiger partial charge in [0, 0.05) is 41.0 Å². The smallest absolute Gasteiger partial charge is 0.437 e. The lowest BCUT2D eigenvalue weighted by molar-refractivity contribution is -0.167. The zero-order valence-electron chi connectivity index (χ0n) is 34.7. The first-order valence-corrected chi connectivity index (χ1v) is 23.0. The number of nitrogens with two attached hydrogens (primary N) is 2. The normalized spacial score (nSPS) is 35.2. The topological polar surface area (TPSA) is 229 Å². The molecule has 4 saturated heterocycles. The first-order valence-electron chi connectivity index (χ1n) is 19.0. The van der Waals surface area contributed by atoms with Gasteiger partial charge in [-0.25, -0.2) is 22.4 Å². The van der Waals surface area contributed by atoms with Crippen molar-refractivity contribution < 1.29 is 68.9 Å². The van der Waals surface area contributed by atoms with E-state index >= 15 is 8.78 Å². The number of anilines is 1. The van der Waals surface area contributed by atoms with Crippen molar-refractivity contribution in [2.24, 2.45) is 16.6 Å². The summed E-state index contributed by atoms with van der Waals surface area (Å²) in [5.74, 6) is -0.805. The van der Waals surface area contributed by atoms with Gasteiger partial charge in [0.2, 0.25) is 6.79 Å². The Labute approximate surface area is 351 Å². The van der Waals surface area contributed by atoms with Gasteiger partial charge in [-0.2, -0.15) is 0 Å². The van der Waals surface area contributed by atoms with Crippen LogP contribution in [0.1, 0.15) is 74.5 Å². The van der Waals surface area contributed by atoms with Crippen LogP contribution in [-0.4, -0.2) is 88.5 Å². The van der Waals surface area contributed by atoms with E-state index in [1.807, 2.05) is 6.92 Å². The van der Waals surface area contributed by atoms with Gasteiger partial charge in [0.1, 0.15) is 29.3 Å². The molecule has 6 heterocycles. The minimum Gasteiger partial charge on any atom is -0.437 e. The number of phosphoric ester groups is 2. The molecular weight excluding hydrogens is 856 g/mol. The number of thioether (sulfide) groups is 1. The number of esters is 1. The fraction of sp³-hybridized carbons (Fsp3) is 0.649. The van der Waals surface area contributed by atoms with Crippen LogP contribution in [0.2, 0.25) is 0 Å². The number of allylic oxidation sites excluding steroid dienone is 2. The fourth-order valence-corrected chi connectivity index (χ4v) is 10.2. The number of nitrogens with zero attached hydrogens (tertiary/aromatic N) is 2. The lowest BCUT2D eigenvalue weighted by Gasteiger charge is -2.39. The molecule has 0 radical (unpaired) electrons. The summed E-state index contributed by atoms with van der Waals surface area (Å²) < 4.78 is 106. The van der Waals surface area contributed by atoms with Gasteiger partial charge < -0.3 is 30.6 Å². The average Bonchev–Trinajstić information content (AvgIpc) is 3.61. The van der Waals surface area contributed by atoms with Crippen molar-refractivity contribution >= 4 is 44.2 Å². The number of alkyl halides is 2. The first-order chi connectivity index (χ1) is 27.8. The number of pyridine rings is 1. The van der Waals surface area contributed by atoms with Gasteiger partial charge in [-0.15, -0.1) is 0 Å². The highest BCUT2D eigenvalue weighted by Gasteiger charge is 2.64. The van der Waals surface area contributed by atoms with E-state index in [1.54, 1.807) is 66.8 Å². The number of hydrogen-bond acceptors (Lipinski definition) is 18. The van der Waals surface area contributed by atoms with Crippen molar-refractivity contribution in [2.45, 2.75) is 116 Å². The van der Waals surface area contributed by atoms with E-state index in [0.29, 0.717) is 17.8 Å². The molecule has 6 rings (SSSR count). The molecule has 5 aliphatic rings. The maximum atomic E-state index is 15.5. The number of aromatic nitrogens is 1. The Morgan fingerprint density at radius 1 is 0.933 bits per heavy atom. The lowest BCUT2D eigenvalue weighted by atomic mass is 9.94. The van der Waals surface area contributed by atoms with Gasteiger partial charge in [0.25, 0.3) is 5.56 Å². The fourth-order valence-electron chi connectivity index (χ4n) is 6.47. The van der Waals surface area contributed by atoms with Crippen LogP contribution in [0, 0.1) is 10.8 Å². The van der Waals surface area contributed by atoms with E-state index in [-0.39, 0.29) is 36.4 Å². The molecule has 1 aromatic rings. The number of carbonyl (C=O) groups is 2. The molecule has 18 nitrogen and oxygen atoms in total. The third-order valence-electron chi connectivity index (χ3n) is 10.1. The van der Waals surface area contributed by atoms with E-state index in [0.717, 1.165) is 22.4 Å². The van der Waals surface area contributed by atoms with Crippen LogP contribution < -0.4 is 17.0 Å². The van der Waals surface area contributed by atoms with Gasteiger partial charge in [0.05, 0.1) is 18.6 Å². The number of ether oxygens (including phenoxy) is 3. The minimum absolute atomic E-state index is 0.135. The second-order valence-electron chi connectivity index (χ2n) is 16.7. The Hall–Kier alpha value is -2.94. The van der Waals surface area contributed by atoms with Gasteiger partial charge in [0.15, 0.2) is 29.9 Å². The van der Waals surface area contributed by atoms with Crippen LogP contribution in [0.25, 0.3) is 0 Å². The third kappa shape index (κ3) is 10.3. The van der Waals surface area contributed by atoms with Crippen LogP contribution in [-0.2, 0) is 60.1 Å². The number of carbonyl (C=O) groups excluding carboxylic acids is 2. The predicted octanol–water partition coefficient (Wildman–Crippen LogP) is 6.35. The van der Waals surface area contributed by atoms with Crippen molar-refractivity contribution in [3.05, 3.63) is 65.0 Å². The first kappa shape index (κ1) is 48.1. The summed E-state index contributed by atoms with van der Waals surface area (Å²) in [7, 11) is -8.29. The van der Waals surface area contributed by atoms with Gasteiger partial charge in [-0.1, -0.05) is 53.0 Å². The second kappa shape index (κ2) is 18.0. The molecule has 23 heteroatoms. The molecule has 0 aromatic carbocycles. The van der Waals surface area contributed by atoms with E-state index < -0.39 is 93.0 Å². The lowest BCUT2D eigenvalue weighted by Crippen LogP contribution is -2.49. The zero-order chi connectivity index (χ0) is 44.6. The van der Waals surface area contributed by atoms with E-state index in [2.05, 4.69) is 6.58 Å². The number of nitrogen functional groups attached to an aromatic ring is 1. The number of halogens is 2. The number of phosphoric acid groups is 2. The Morgan fingerprint density at radius 2 is 1.48 bits per heavy atom. The molecule has 4 N–H and O–H groups in total.